The molecule has 1 amide bonds. The Morgan fingerprint density at radius 3 is 2.44 bits per heavy atom. The van der Waals surface area contributed by atoms with Gasteiger partial charge < -0.3 is 15.4 Å². The first-order chi connectivity index (χ1) is 15.2. The van der Waals surface area contributed by atoms with E-state index >= 15 is 0 Å². The second-order valence-electron chi connectivity index (χ2n) is 8.61. The Balaban J connectivity index is 1.52. The van der Waals surface area contributed by atoms with Gasteiger partial charge in [0.1, 0.15) is 10.6 Å². The van der Waals surface area contributed by atoms with Gasteiger partial charge in [0.05, 0.1) is 12.2 Å². The molecular formula is C26H29N3O2S. The van der Waals surface area contributed by atoms with Crippen molar-refractivity contribution in [2.24, 2.45) is 0 Å². The van der Waals surface area contributed by atoms with Crippen molar-refractivity contribution in [2.75, 3.05) is 5.32 Å². The van der Waals surface area contributed by atoms with Crippen LogP contribution in [-0.4, -0.2) is 16.9 Å². The number of rotatable bonds is 6. The quantitative estimate of drug-likeness (QED) is 0.474. The van der Waals surface area contributed by atoms with Gasteiger partial charge in [-0.1, -0.05) is 68.2 Å². The summed E-state index contributed by atoms with van der Waals surface area (Å²) in [6.45, 7) is 10.7. The van der Waals surface area contributed by atoms with Crippen molar-refractivity contribution in [3.05, 3.63) is 70.7 Å². The average molecular weight is 448 g/mol. The van der Waals surface area contributed by atoms with Crippen LogP contribution in [-0.2, 0) is 16.8 Å². The van der Waals surface area contributed by atoms with Crippen LogP contribution in [0.1, 0.15) is 50.6 Å². The molecule has 0 bridgehead atoms. The minimum Gasteiger partial charge on any atom is -0.431 e. The molecule has 6 heteroatoms. The molecule has 0 aliphatic rings. The first-order valence-corrected chi connectivity index (χ1v) is 11.4. The van der Waals surface area contributed by atoms with Crippen LogP contribution in [0.3, 0.4) is 0 Å². The molecule has 1 unspecified atom stereocenters. The molecule has 5 nitrogen and oxygen atoms in total. The molecule has 0 aliphatic carbocycles. The molecule has 166 valence electrons. The minimum absolute atomic E-state index is 0.0998. The predicted molar refractivity (Wildman–Crippen MR) is 131 cm³/mol. The number of benzene rings is 2. The van der Waals surface area contributed by atoms with Gasteiger partial charge in [0.15, 0.2) is 0 Å². The van der Waals surface area contributed by atoms with Crippen LogP contribution in [0.2, 0.25) is 0 Å². The Morgan fingerprint density at radius 2 is 1.81 bits per heavy atom. The van der Waals surface area contributed by atoms with Gasteiger partial charge in [-0.05, 0) is 47.7 Å². The second-order valence-corrected chi connectivity index (χ2v) is 9.60. The summed E-state index contributed by atoms with van der Waals surface area (Å²) in [5.41, 5.74) is 3.74. The van der Waals surface area contributed by atoms with Crippen LogP contribution in [0.25, 0.3) is 0 Å². The molecular weight excluding hydrogens is 418 g/mol. The van der Waals surface area contributed by atoms with Crippen LogP contribution in [0.4, 0.5) is 5.69 Å². The summed E-state index contributed by atoms with van der Waals surface area (Å²) in [6.07, 6.45) is 1.68. The SMILES string of the molecule is CC(=O)NC(C)C#Cc1cnc(Oc2ccc(CNc3ccc(C(C)(C)C)cc3)cc2)s1. The third kappa shape index (κ3) is 7.14. The highest BCUT2D eigenvalue weighted by Gasteiger charge is 2.12. The summed E-state index contributed by atoms with van der Waals surface area (Å²) in [5.74, 6) is 6.62. The van der Waals surface area contributed by atoms with Gasteiger partial charge in [0, 0.05) is 19.2 Å². The molecule has 2 aromatic carbocycles. The van der Waals surface area contributed by atoms with Crippen molar-refractivity contribution in [3.8, 4) is 22.8 Å². The number of carbonyl (C=O) groups excluding carboxylic acids is 1. The van der Waals surface area contributed by atoms with Crippen LogP contribution in [0, 0.1) is 11.8 Å². The number of nitrogens with one attached hydrogen (secondary N) is 2. The topological polar surface area (TPSA) is 63.2 Å². The third-order valence-corrected chi connectivity index (χ3v) is 5.48. The highest BCUT2D eigenvalue weighted by molar-refractivity contribution is 7.13. The number of nitrogens with zero attached hydrogens (tertiary/aromatic N) is 1. The number of ether oxygens (including phenoxy) is 1. The largest absolute Gasteiger partial charge is 0.431 e. The normalized spacial score (nSPS) is 11.8. The number of thiazole rings is 1. The van der Waals surface area contributed by atoms with Crippen molar-refractivity contribution < 1.29 is 9.53 Å². The van der Waals surface area contributed by atoms with E-state index in [2.05, 4.69) is 72.5 Å². The van der Waals surface area contributed by atoms with E-state index in [9.17, 15) is 4.79 Å². The van der Waals surface area contributed by atoms with E-state index < -0.39 is 0 Å². The Kier molecular flexibility index (Phi) is 7.55. The van der Waals surface area contributed by atoms with Crippen LogP contribution >= 0.6 is 11.3 Å². The fourth-order valence-corrected chi connectivity index (χ4v) is 3.60. The van der Waals surface area contributed by atoms with Crippen molar-refractivity contribution in [1.82, 2.24) is 10.3 Å². The van der Waals surface area contributed by atoms with E-state index in [1.54, 1.807) is 6.20 Å². The molecule has 2 N–H and O–H groups in total. The third-order valence-electron chi connectivity index (χ3n) is 4.69. The second kappa shape index (κ2) is 10.3. The zero-order chi connectivity index (χ0) is 23.1. The predicted octanol–water partition coefficient (Wildman–Crippen LogP) is 5.72. The molecule has 3 aromatic rings. The fraction of sp³-hybridized carbons (Fsp3) is 0.308. The summed E-state index contributed by atoms with van der Waals surface area (Å²) in [5, 5.41) is 6.72. The summed E-state index contributed by atoms with van der Waals surface area (Å²) >= 11 is 1.37. The lowest BCUT2D eigenvalue weighted by Gasteiger charge is -2.19. The maximum absolute atomic E-state index is 11.0. The Hall–Kier alpha value is -3.30. The summed E-state index contributed by atoms with van der Waals surface area (Å²) in [6, 6.07) is 16.3. The molecule has 3 rings (SSSR count). The number of amides is 1. The molecule has 32 heavy (non-hydrogen) atoms. The molecule has 1 heterocycles. The highest BCUT2D eigenvalue weighted by atomic mass is 32.1. The van der Waals surface area contributed by atoms with E-state index in [1.807, 2.05) is 31.2 Å². The maximum Gasteiger partial charge on any atom is 0.279 e. The lowest BCUT2D eigenvalue weighted by atomic mass is 9.87. The van der Waals surface area contributed by atoms with Crippen molar-refractivity contribution in [3.63, 3.8) is 0 Å². The summed E-state index contributed by atoms with van der Waals surface area (Å²) < 4.78 is 5.84. The molecule has 0 radical (unpaired) electrons. The van der Waals surface area contributed by atoms with E-state index in [1.165, 1.54) is 23.8 Å². The number of anilines is 1. The zero-order valence-corrected chi connectivity index (χ0v) is 20.0. The zero-order valence-electron chi connectivity index (χ0n) is 19.2. The Labute approximate surface area is 194 Å². The van der Waals surface area contributed by atoms with Gasteiger partial charge in [-0.15, -0.1) is 0 Å². The highest BCUT2D eigenvalue weighted by Crippen LogP contribution is 2.27. The number of aromatic nitrogens is 1. The summed E-state index contributed by atoms with van der Waals surface area (Å²) in [4.78, 5) is 16.1. The maximum atomic E-state index is 11.0. The van der Waals surface area contributed by atoms with E-state index in [4.69, 9.17) is 4.74 Å². The molecule has 0 saturated heterocycles. The molecule has 1 atom stereocenters. The first kappa shape index (κ1) is 23.4. The van der Waals surface area contributed by atoms with E-state index in [0.717, 1.165) is 28.4 Å². The molecule has 0 spiro atoms. The van der Waals surface area contributed by atoms with Crippen LogP contribution in [0.15, 0.2) is 54.7 Å². The lowest BCUT2D eigenvalue weighted by Crippen LogP contribution is -2.28. The fourth-order valence-electron chi connectivity index (χ4n) is 2.95. The smallest absolute Gasteiger partial charge is 0.279 e. The molecule has 1 aromatic heterocycles. The molecule has 0 fully saturated rings. The number of hydrogen-bond donors (Lipinski definition) is 2. The average Bonchev–Trinajstić information content (AvgIpc) is 3.18. The van der Waals surface area contributed by atoms with Gasteiger partial charge in [-0.3, -0.25) is 4.79 Å². The van der Waals surface area contributed by atoms with E-state index in [0.29, 0.717) is 5.19 Å². The number of carbonyl (C=O) groups is 1. The van der Waals surface area contributed by atoms with E-state index in [-0.39, 0.29) is 17.4 Å². The van der Waals surface area contributed by atoms with Crippen LogP contribution < -0.4 is 15.4 Å². The van der Waals surface area contributed by atoms with Gasteiger partial charge >= 0.3 is 0 Å². The Morgan fingerprint density at radius 1 is 1.12 bits per heavy atom. The van der Waals surface area contributed by atoms with Gasteiger partial charge in [-0.2, -0.15) is 0 Å². The number of hydrogen-bond acceptors (Lipinski definition) is 5. The van der Waals surface area contributed by atoms with Crippen molar-refractivity contribution in [1.29, 1.82) is 0 Å². The molecule has 0 aliphatic heterocycles. The minimum atomic E-state index is -0.212. The Bertz CT molecular complexity index is 1100. The standard InChI is InChI=1S/C26H29N3O2S/c1-18(29-19(2)30)6-15-24-17-28-25(32-24)31-23-13-7-20(8-14-23)16-27-22-11-9-21(10-12-22)26(3,4)5/h7-14,17-18,27H,16H2,1-5H3,(H,29,30). The molecule has 0 saturated carbocycles. The first-order valence-electron chi connectivity index (χ1n) is 10.5. The van der Waals surface area contributed by atoms with Crippen molar-refractivity contribution >= 4 is 22.9 Å². The van der Waals surface area contributed by atoms with Crippen molar-refractivity contribution in [2.45, 2.75) is 52.6 Å². The monoisotopic (exact) mass is 447 g/mol. The van der Waals surface area contributed by atoms with Crippen LogP contribution in [0.5, 0.6) is 10.9 Å². The van der Waals surface area contributed by atoms with Gasteiger partial charge in [0.25, 0.3) is 5.19 Å². The van der Waals surface area contributed by atoms with Gasteiger partial charge in [0.2, 0.25) is 5.91 Å². The summed E-state index contributed by atoms with van der Waals surface area (Å²) in [7, 11) is 0. The van der Waals surface area contributed by atoms with Gasteiger partial charge in [-0.25, -0.2) is 4.98 Å². The lowest BCUT2D eigenvalue weighted by molar-refractivity contribution is -0.119.